The Kier molecular flexibility index (Phi) is 3.36. The van der Waals surface area contributed by atoms with Gasteiger partial charge in [0.15, 0.2) is 3.55 Å². The molecule has 0 aromatic heterocycles. The first-order valence-electron chi connectivity index (χ1n) is 3.82. The van der Waals surface area contributed by atoms with Crippen LogP contribution in [0.5, 0.6) is 0 Å². The van der Waals surface area contributed by atoms with Crippen molar-refractivity contribution in [3.05, 3.63) is 35.9 Å². The lowest BCUT2D eigenvalue weighted by atomic mass is 10.1. The lowest BCUT2D eigenvalue weighted by Gasteiger charge is -2.21. The molecule has 1 atom stereocenters. The summed E-state index contributed by atoms with van der Waals surface area (Å²) in [5, 5.41) is 10.9. The van der Waals surface area contributed by atoms with Gasteiger partial charge in [0.1, 0.15) is 0 Å². The van der Waals surface area contributed by atoms with Gasteiger partial charge >= 0.3 is 6.09 Å². The van der Waals surface area contributed by atoms with Crippen LogP contribution in [0, 0.1) is 12.3 Å². The average Bonchev–Trinajstić information content (AvgIpc) is 2.18. The van der Waals surface area contributed by atoms with Crippen molar-refractivity contribution in [2.75, 3.05) is 0 Å². The van der Waals surface area contributed by atoms with Crippen molar-refractivity contribution in [2.24, 2.45) is 0 Å². The Morgan fingerprint density at radius 1 is 1.50 bits per heavy atom. The van der Waals surface area contributed by atoms with Gasteiger partial charge in [-0.05, 0) is 28.2 Å². The molecule has 0 saturated carbocycles. The molecule has 14 heavy (non-hydrogen) atoms. The van der Waals surface area contributed by atoms with Crippen molar-refractivity contribution in [3.8, 4) is 12.3 Å². The highest BCUT2D eigenvalue weighted by Gasteiger charge is 2.27. The second kappa shape index (κ2) is 4.33. The van der Waals surface area contributed by atoms with Gasteiger partial charge in [-0.25, -0.2) is 4.79 Å². The summed E-state index contributed by atoms with van der Waals surface area (Å²) in [5.41, 5.74) is 0.741. The summed E-state index contributed by atoms with van der Waals surface area (Å²) < 4.78 is -0.995. The van der Waals surface area contributed by atoms with Gasteiger partial charge in [-0.1, -0.05) is 36.3 Å². The van der Waals surface area contributed by atoms with E-state index in [4.69, 9.17) is 11.5 Å². The molecule has 1 aromatic rings. The fraction of sp³-hybridized carbons (Fsp3) is 0.100. The summed E-state index contributed by atoms with van der Waals surface area (Å²) in [5.74, 6) is 2.42. The maximum Gasteiger partial charge on any atom is 0.406 e. The van der Waals surface area contributed by atoms with Crippen molar-refractivity contribution < 1.29 is 9.90 Å². The van der Waals surface area contributed by atoms with E-state index < -0.39 is 9.64 Å². The normalized spacial score (nSPS) is 13.7. The summed E-state index contributed by atoms with van der Waals surface area (Å²) in [6.07, 6.45) is 4.17. The van der Waals surface area contributed by atoms with Gasteiger partial charge in [-0.3, -0.25) is 5.32 Å². The summed E-state index contributed by atoms with van der Waals surface area (Å²) in [6, 6.07) is 9.02. The molecular weight excluding hydrogens is 293 g/mol. The first kappa shape index (κ1) is 10.9. The second-order valence-electron chi connectivity index (χ2n) is 2.60. The maximum absolute atomic E-state index is 10.5. The molecule has 1 amide bonds. The molecule has 0 heterocycles. The van der Waals surface area contributed by atoms with Crippen molar-refractivity contribution in [3.63, 3.8) is 0 Å². The third-order valence-electron chi connectivity index (χ3n) is 1.65. The fourth-order valence-corrected chi connectivity index (χ4v) is 1.60. The van der Waals surface area contributed by atoms with E-state index in [2.05, 4.69) is 11.2 Å². The number of nitrogens with one attached hydrogen (secondary N) is 1. The summed E-state index contributed by atoms with van der Waals surface area (Å²) in [4.78, 5) is 10.5. The van der Waals surface area contributed by atoms with Gasteiger partial charge in [-0.2, -0.15) is 0 Å². The minimum atomic E-state index is -1.14. The lowest BCUT2D eigenvalue weighted by molar-refractivity contribution is 0.191. The van der Waals surface area contributed by atoms with Crippen LogP contribution in [0.25, 0.3) is 0 Å². The average molecular weight is 301 g/mol. The maximum atomic E-state index is 10.5. The van der Waals surface area contributed by atoms with E-state index in [1.165, 1.54) is 0 Å². The van der Waals surface area contributed by atoms with E-state index in [0.29, 0.717) is 0 Å². The van der Waals surface area contributed by atoms with Crippen LogP contribution in [-0.2, 0) is 3.55 Å². The highest BCUT2D eigenvalue weighted by atomic mass is 127. The number of halogens is 1. The monoisotopic (exact) mass is 301 g/mol. The van der Waals surface area contributed by atoms with Crippen molar-refractivity contribution in [1.82, 2.24) is 5.32 Å². The van der Waals surface area contributed by atoms with Crippen LogP contribution < -0.4 is 5.32 Å². The number of carbonyl (C=O) groups is 1. The van der Waals surface area contributed by atoms with Crippen LogP contribution in [0.3, 0.4) is 0 Å². The molecule has 72 valence electrons. The molecular formula is C10H8INO2. The molecule has 1 unspecified atom stereocenters. The van der Waals surface area contributed by atoms with E-state index in [9.17, 15) is 4.79 Å². The van der Waals surface area contributed by atoms with E-state index in [1.807, 2.05) is 40.8 Å². The fourth-order valence-electron chi connectivity index (χ4n) is 1.01. The SMILES string of the molecule is C#CC(I)(NC(=O)O)c1ccccc1. The highest BCUT2D eigenvalue weighted by Crippen LogP contribution is 2.27. The molecule has 0 spiro atoms. The summed E-state index contributed by atoms with van der Waals surface area (Å²) in [7, 11) is 0. The van der Waals surface area contributed by atoms with Crippen LogP contribution in [0.1, 0.15) is 5.56 Å². The van der Waals surface area contributed by atoms with Crippen molar-refractivity contribution in [2.45, 2.75) is 3.55 Å². The summed E-state index contributed by atoms with van der Waals surface area (Å²) >= 11 is 1.89. The number of terminal acetylenes is 1. The van der Waals surface area contributed by atoms with Crippen LogP contribution in [-0.4, -0.2) is 11.2 Å². The number of hydrogen-bond donors (Lipinski definition) is 2. The van der Waals surface area contributed by atoms with Crippen LogP contribution >= 0.6 is 22.6 Å². The topological polar surface area (TPSA) is 49.3 Å². The molecule has 4 heteroatoms. The van der Waals surface area contributed by atoms with Crippen LogP contribution in [0.2, 0.25) is 0 Å². The van der Waals surface area contributed by atoms with Crippen LogP contribution in [0.15, 0.2) is 30.3 Å². The lowest BCUT2D eigenvalue weighted by Crippen LogP contribution is -2.38. The van der Waals surface area contributed by atoms with Gasteiger partial charge in [0.2, 0.25) is 0 Å². The molecule has 2 N–H and O–H groups in total. The summed E-state index contributed by atoms with van der Waals surface area (Å²) in [6.45, 7) is 0. The predicted molar refractivity (Wildman–Crippen MR) is 62.1 cm³/mol. The molecule has 0 saturated heterocycles. The van der Waals surface area contributed by atoms with Crippen molar-refractivity contribution in [1.29, 1.82) is 0 Å². The van der Waals surface area contributed by atoms with Gasteiger partial charge in [0.25, 0.3) is 0 Å². The Morgan fingerprint density at radius 3 is 2.50 bits per heavy atom. The highest BCUT2D eigenvalue weighted by molar-refractivity contribution is 14.1. The van der Waals surface area contributed by atoms with E-state index in [1.54, 1.807) is 12.1 Å². The minimum Gasteiger partial charge on any atom is -0.465 e. The Labute approximate surface area is 95.7 Å². The number of alkyl halides is 1. The predicted octanol–water partition coefficient (Wildman–Crippen LogP) is 2.18. The minimum absolute atomic E-state index is 0.741. The number of benzene rings is 1. The number of amides is 1. The molecule has 0 aliphatic heterocycles. The van der Waals surface area contributed by atoms with Gasteiger partial charge in [0, 0.05) is 0 Å². The zero-order valence-corrected chi connectivity index (χ0v) is 9.36. The Morgan fingerprint density at radius 2 is 2.07 bits per heavy atom. The first-order chi connectivity index (χ1) is 6.58. The smallest absolute Gasteiger partial charge is 0.406 e. The molecule has 0 aliphatic carbocycles. The van der Waals surface area contributed by atoms with E-state index in [-0.39, 0.29) is 0 Å². The van der Waals surface area contributed by atoms with E-state index in [0.717, 1.165) is 5.56 Å². The zero-order valence-electron chi connectivity index (χ0n) is 7.20. The first-order valence-corrected chi connectivity index (χ1v) is 4.89. The molecule has 1 aromatic carbocycles. The Hall–Kier alpha value is -1.22. The molecule has 0 aliphatic rings. The number of rotatable bonds is 2. The number of hydrogen-bond acceptors (Lipinski definition) is 1. The van der Waals surface area contributed by atoms with Crippen molar-refractivity contribution >= 4 is 28.7 Å². The molecule has 0 bridgehead atoms. The largest absolute Gasteiger partial charge is 0.465 e. The quantitative estimate of drug-likeness (QED) is 0.381. The Balaban J connectivity index is 3.03. The standard InChI is InChI=1S/C10H8INO2/c1-2-10(11,12-9(13)14)8-6-4-3-5-7-8/h1,3-7,12H,(H,13,14). The van der Waals surface area contributed by atoms with Gasteiger partial charge in [-0.15, -0.1) is 6.42 Å². The van der Waals surface area contributed by atoms with Gasteiger partial charge in [0.05, 0.1) is 0 Å². The van der Waals surface area contributed by atoms with E-state index >= 15 is 0 Å². The zero-order chi connectivity index (χ0) is 10.6. The molecule has 3 nitrogen and oxygen atoms in total. The van der Waals surface area contributed by atoms with Crippen LogP contribution in [0.4, 0.5) is 4.79 Å². The second-order valence-corrected chi connectivity index (χ2v) is 4.22. The molecule has 0 radical (unpaired) electrons. The third-order valence-corrected chi connectivity index (χ3v) is 2.85. The number of carboxylic acid groups (broad SMARTS) is 1. The van der Waals surface area contributed by atoms with Gasteiger partial charge < -0.3 is 5.11 Å². The third kappa shape index (κ3) is 2.39. The Bertz CT molecular complexity index is 371. The molecule has 0 fully saturated rings. The molecule has 1 rings (SSSR count).